The van der Waals surface area contributed by atoms with Crippen LogP contribution in [0.3, 0.4) is 0 Å². The van der Waals surface area contributed by atoms with Crippen molar-refractivity contribution in [3.8, 4) is 11.6 Å². The van der Waals surface area contributed by atoms with Crippen molar-refractivity contribution in [2.24, 2.45) is 0 Å². The summed E-state index contributed by atoms with van der Waals surface area (Å²) in [6.45, 7) is 0.422. The van der Waals surface area contributed by atoms with Crippen molar-refractivity contribution in [1.29, 1.82) is 0 Å². The summed E-state index contributed by atoms with van der Waals surface area (Å²) in [7, 11) is 0. The maximum Gasteiger partial charge on any atom is 0.271 e. The average Bonchev–Trinajstić information content (AvgIpc) is 3.29. The third kappa shape index (κ3) is 3.93. The van der Waals surface area contributed by atoms with Gasteiger partial charge in [0.1, 0.15) is 0 Å². The molecule has 0 unspecified atom stereocenters. The van der Waals surface area contributed by atoms with Gasteiger partial charge in [0.15, 0.2) is 5.76 Å². The van der Waals surface area contributed by atoms with Crippen LogP contribution in [0.15, 0.2) is 45.5 Å². The second kappa shape index (κ2) is 7.45. The molecule has 1 aromatic carbocycles. The van der Waals surface area contributed by atoms with Crippen molar-refractivity contribution in [1.82, 2.24) is 10.1 Å². The third-order valence-corrected chi connectivity index (χ3v) is 3.28. The van der Waals surface area contributed by atoms with Gasteiger partial charge in [-0.05, 0) is 18.2 Å². The van der Waals surface area contributed by atoms with Gasteiger partial charge in [0.05, 0.1) is 35.7 Å². The minimum atomic E-state index is -0.483. The van der Waals surface area contributed by atoms with Crippen molar-refractivity contribution in [3.63, 3.8) is 0 Å². The van der Waals surface area contributed by atoms with E-state index in [-0.39, 0.29) is 18.8 Å². The largest absolute Gasteiger partial charge is 0.461 e. The Morgan fingerprint density at radius 3 is 2.84 bits per heavy atom. The van der Waals surface area contributed by atoms with Crippen LogP contribution < -0.4 is 10.6 Å². The van der Waals surface area contributed by atoms with E-state index in [2.05, 4.69) is 20.8 Å². The number of aliphatic hydroxyl groups is 1. The Labute approximate surface area is 141 Å². The van der Waals surface area contributed by atoms with Gasteiger partial charge in [-0.15, -0.1) is 0 Å². The summed E-state index contributed by atoms with van der Waals surface area (Å²) in [4.78, 5) is 14.7. The van der Waals surface area contributed by atoms with Gasteiger partial charge < -0.3 is 24.7 Å². The number of non-ortho nitro benzene ring substituents is 1. The molecular formula is C15H15N5O5. The number of nitrogens with zero attached hydrogens (tertiary/aromatic N) is 3. The first-order valence-electron chi connectivity index (χ1n) is 7.41. The number of nitro benzene ring substituents is 1. The Balaban J connectivity index is 1.74. The molecule has 0 saturated heterocycles. The van der Waals surface area contributed by atoms with E-state index in [1.165, 1.54) is 18.4 Å². The number of anilines is 2. The number of nitrogens with one attached hydrogen (secondary N) is 2. The quantitative estimate of drug-likeness (QED) is 0.414. The second-order valence-electron chi connectivity index (χ2n) is 4.98. The Bertz CT molecular complexity index is 846. The van der Waals surface area contributed by atoms with Gasteiger partial charge in [0.25, 0.3) is 5.69 Å². The first-order chi connectivity index (χ1) is 12.2. The standard InChI is InChI=1S/C15H15N5O5/c21-6-5-16-11-4-3-10(20(22)23)8-12(11)17-9-14-18-15(19-25-14)13-2-1-7-24-13/h1-4,7-8,16-17,21H,5-6,9H2. The van der Waals surface area contributed by atoms with E-state index in [4.69, 9.17) is 14.0 Å². The van der Waals surface area contributed by atoms with Crippen LogP contribution in [-0.4, -0.2) is 33.3 Å². The van der Waals surface area contributed by atoms with Crippen LogP contribution in [0.4, 0.5) is 17.1 Å². The average molecular weight is 345 g/mol. The normalized spacial score (nSPS) is 10.6. The zero-order chi connectivity index (χ0) is 17.6. The maximum absolute atomic E-state index is 11.0. The van der Waals surface area contributed by atoms with Gasteiger partial charge in [-0.3, -0.25) is 10.1 Å². The highest BCUT2D eigenvalue weighted by atomic mass is 16.6. The van der Waals surface area contributed by atoms with Crippen molar-refractivity contribution in [3.05, 3.63) is 52.6 Å². The van der Waals surface area contributed by atoms with Crippen LogP contribution in [0.25, 0.3) is 11.6 Å². The van der Waals surface area contributed by atoms with Crippen LogP contribution in [-0.2, 0) is 6.54 Å². The van der Waals surface area contributed by atoms with Gasteiger partial charge >= 0.3 is 0 Å². The molecule has 10 nitrogen and oxygen atoms in total. The van der Waals surface area contributed by atoms with Crippen molar-refractivity contribution in [2.75, 3.05) is 23.8 Å². The molecule has 0 amide bonds. The number of aromatic nitrogens is 2. The van der Waals surface area contributed by atoms with Crippen molar-refractivity contribution < 1.29 is 19.0 Å². The van der Waals surface area contributed by atoms with Crippen LogP contribution in [0.5, 0.6) is 0 Å². The lowest BCUT2D eigenvalue weighted by Gasteiger charge is -2.12. The second-order valence-corrected chi connectivity index (χ2v) is 4.98. The van der Waals surface area contributed by atoms with Gasteiger partial charge in [-0.1, -0.05) is 5.16 Å². The Kier molecular flexibility index (Phi) is 4.90. The Morgan fingerprint density at radius 1 is 1.24 bits per heavy atom. The summed E-state index contributed by atoms with van der Waals surface area (Å²) in [5, 5.41) is 29.7. The summed E-state index contributed by atoms with van der Waals surface area (Å²) in [5.74, 6) is 1.10. The summed E-state index contributed by atoms with van der Waals surface area (Å²) >= 11 is 0. The molecule has 25 heavy (non-hydrogen) atoms. The van der Waals surface area contributed by atoms with Gasteiger partial charge in [0.2, 0.25) is 11.7 Å². The van der Waals surface area contributed by atoms with Gasteiger partial charge in [-0.25, -0.2) is 0 Å². The highest BCUT2D eigenvalue weighted by molar-refractivity contribution is 5.71. The minimum Gasteiger partial charge on any atom is -0.461 e. The molecule has 3 N–H and O–H groups in total. The molecule has 0 spiro atoms. The highest BCUT2D eigenvalue weighted by Gasteiger charge is 2.13. The smallest absolute Gasteiger partial charge is 0.271 e. The summed E-state index contributed by atoms with van der Waals surface area (Å²) < 4.78 is 10.3. The fraction of sp³-hybridized carbons (Fsp3) is 0.200. The molecule has 0 aliphatic heterocycles. The zero-order valence-corrected chi connectivity index (χ0v) is 13.0. The van der Waals surface area contributed by atoms with E-state index < -0.39 is 4.92 Å². The van der Waals surface area contributed by atoms with E-state index in [9.17, 15) is 10.1 Å². The van der Waals surface area contributed by atoms with E-state index in [1.54, 1.807) is 18.2 Å². The monoisotopic (exact) mass is 345 g/mol. The van der Waals surface area contributed by atoms with Gasteiger partial charge in [0, 0.05) is 18.7 Å². The molecule has 2 aromatic heterocycles. The molecule has 130 valence electrons. The lowest BCUT2D eigenvalue weighted by Crippen LogP contribution is -2.09. The fourth-order valence-electron chi connectivity index (χ4n) is 2.14. The molecule has 0 radical (unpaired) electrons. The summed E-state index contributed by atoms with van der Waals surface area (Å²) in [5.41, 5.74) is 1.05. The molecule has 3 aromatic rings. The molecule has 0 atom stereocenters. The van der Waals surface area contributed by atoms with Crippen LogP contribution in [0.1, 0.15) is 5.89 Å². The SMILES string of the molecule is O=[N+]([O-])c1ccc(NCCO)c(NCc2nc(-c3ccco3)no2)c1. The summed E-state index contributed by atoms with van der Waals surface area (Å²) in [6.07, 6.45) is 1.51. The lowest BCUT2D eigenvalue weighted by molar-refractivity contribution is -0.384. The van der Waals surface area contributed by atoms with E-state index in [0.29, 0.717) is 35.4 Å². The number of furan rings is 1. The van der Waals surface area contributed by atoms with Crippen molar-refractivity contribution >= 4 is 17.1 Å². The number of hydrogen-bond donors (Lipinski definition) is 3. The molecule has 0 fully saturated rings. The third-order valence-electron chi connectivity index (χ3n) is 3.28. The lowest BCUT2D eigenvalue weighted by atomic mass is 10.2. The molecule has 2 heterocycles. The predicted octanol–water partition coefficient (Wildman–Crippen LogP) is 2.25. The molecule has 3 rings (SSSR count). The zero-order valence-electron chi connectivity index (χ0n) is 13.0. The molecule has 0 bridgehead atoms. The van der Waals surface area contributed by atoms with E-state index in [0.717, 1.165) is 0 Å². The molecule has 0 aliphatic rings. The molecular weight excluding hydrogens is 330 g/mol. The van der Waals surface area contributed by atoms with E-state index >= 15 is 0 Å². The minimum absolute atomic E-state index is 0.0566. The van der Waals surface area contributed by atoms with Crippen LogP contribution in [0.2, 0.25) is 0 Å². The number of rotatable bonds is 8. The number of benzene rings is 1. The summed E-state index contributed by atoms with van der Waals surface area (Å²) in [6, 6.07) is 7.76. The first kappa shape index (κ1) is 16.5. The number of aliphatic hydroxyl groups excluding tert-OH is 1. The fourth-order valence-corrected chi connectivity index (χ4v) is 2.14. The van der Waals surface area contributed by atoms with Crippen LogP contribution >= 0.6 is 0 Å². The highest BCUT2D eigenvalue weighted by Crippen LogP contribution is 2.27. The first-order valence-corrected chi connectivity index (χ1v) is 7.41. The number of nitro groups is 1. The van der Waals surface area contributed by atoms with Crippen molar-refractivity contribution in [2.45, 2.75) is 6.54 Å². The maximum atomic E-state index is 11.0. The predicted molar refractivity (Wildman–Crippen MR) is 88.0 cm³/mol. The molecule has 10 heteroatoms. The topological polar surface area (TPSA) is 139 Å². The van der Waals surface area contributed by atoms with E-state index in [1.807, 2.05) is 0 Å². The van der Waals surface area contributed by atoms with Gasteiger partial charge in [-0.2, -0.15) is 4.98 Å². The Morgan fingerprint density at radius 2 is 2.12 bits per heavy atom. The van der Waals surface area contributed by atoms with Crippen LogP contribution in [0, 0.1) is 10.1 Å². The number of hydrogen-bond acceptors (Lipinski definition) is 9. The molecule has 0 saturated carbocycles. The Hall–Kier alpha value is -3.40. The molecule has 0 aliphatic carbocycles.